The van der Waals surface area contributed by atoms with E-state index in [2.05, 4.69) is 17.0 Å². The van der Waals surface area contributed by atoms with Gasteiger partial charge in [-0.25, -0.2) is 0 Å². The molecule has 0 spiro atoms. The van der Waals surface area contributed by atoms with Crippen LogP contribution in [0.5, 0.6) is 5.75 Å². The van der Waals surface area contributed by atoms with E-state index in [-0.39, 0.29) is 24.7 Å². The third-order valence-electron chi connectivity index (χ3n) is 4.96. The molecule has 0 saturated carbocycles. The number of likely N-dealkylation sites (N-methyl/N-ethyl adjacent to an activating group) is 1. The van der Waals surface area contributed by atoms with Crippen LogP contribution in [0.3, 0.4) is 0 Å². The number of nitrogens with zero attached hydrogens (tertiary/aromatic N) is 2. The van der Waals surface area contributed by atoms with Crippen molar-refractivity contribution in [1.82, 2.24) is 9.80 Å². The first-order chi connectivity index (χ1) is 11.5. The standard InChI is InChI=1S/C19H28N2O3/c1-14(2)24-17-6-4-15(5-7-17)10-21-9-8-16-12-23-13-19(22)20(3)18(16)11-21/h4-7,14,16,18H,8-13H2,1-3H3/t16-,18-/m0/s1. The highest BCUT2D eigenvalue weighted by Crippen LogP contribution is 2.26. The van der Waals surface area contributed by atoms with Crippen molar-refractivity contribution in [2.75, 3.05) is 33.4 Å². The minimum atomic E-state index is 0.0968. The first kappa shape index (κ1) is 17.2. The van der Waals surface area contributed by atoms with Crippen LogP contribution in [0, 0.1) is 5.92 Å². The minimum absolute atomic E-state index is 0.0968. The fraction of sp³-hybridized carbons (Fsp3) is 0.632. The number of likely N-dealkylation sites (tertiary alicyclic amines) is 1. The topological polar surface area (TPSA) is 42.0 Å². The third-order valence-corrected chi connectivity index (χ3v) is 4.96. The number of hydrogen-bond acceptors (Lipinski definition) is 4. The molecule has 0 bridgehead atoms. The largest absolute Gasteiger partial charge is 0.491 e. The van der Waals surface area contributed by atoms with Gasteiger partial charge >= 0.3 is 0 Å². The lowest BCUT2D eigenvalue weighted by molar-refractivity contribution is -0.134. The van der Waals surface area contributed by atoms with E-state index < -0.39 is 0 Å². The molecule has 0 aromatic heterocycles. The van der Waals surface area contributed by atoms with Gasteiger partial charge in [-0.1, -0.05) is 12.1 Å². The Labute approximate surface area is 144 Å². The summed E-state index contributed by atoms with van der Waals surface area (Å²) in [6, 6.07) is 8.61. The Morgan fingerprint density at radius 3 is 2.75 bits per heavy atom. The molecule has 2 saturated heterocycles. The van der Waals surface area contributed by atoms with Crippen molar-refractivity contribution < 1.29 is 14.3 Å². The number of fused-ring (bicyclic) bond motifs is 1. The SMILES string of the molecule is CC(C)Oc1ccc(CN2CC[C@H]3COCC(=O)N(C)[C@H]3C2)cc1. The number of hydrogen-bond donors (Lipinski definition) is 0. The van der Waals surface area contributed by atoms with Gasteiger partial charge in [-0.15, -0.1) is 0 Å². The molecule has 5 nitrogen and oxygen atoms in total. The third kappa shape index (κ3) is 4.08. The van der Waals surface area contributed by atoms with Crippen LogP contribution in [0.1, 0.15) is 25.8 Å². The monoisotopic (exact) mass is 332 g/mol. The Kier molecular flexibility index (Phi) is 5.41. The zero-order chi connectivity index (χ0) is 17.1. The van der Waals surface area contributed by atoms with Gasteiger partial charge in [0.25, 0.3) is 0 Å². The summed E-state index contributed by atoms with van der Waals surface area (Å²) in [6.45, 7) is 7.88. The second-order valence-electron chi connectivity index (χ2n) is 7.18. The van der Waals surface area contributed by atoms with Crippen LogP contribution in [0.15, 0.2) is 24.3 Å². The molecule has 2 aliphatic heterocycles. The summed E-state index contributed by atoms with van der Waals surface area (Å²) in [4.78, 5) is 16.4. The normalized spacial score (nSPS) is 25.5. The van der Waals surface area contributed by atoms with Gasteiger partial charge in [0.1, 0.15) is 12.4 Å². The van der Waals surface area contributed by atoms with Crippen LogP contribution in [0.4, 0.5) is 0 Å². The summed E-state index contributed by atoms with van der Waals surface area (Å²) in [7, 11) is 1.91. The van der Waals surface area contributed by atoms with Gasteiger partial charge in [0.05, 0.1) is 12.7 Å². The highest BCUT2D eigenvalue weighted by Gasteiger charge is 2.36. The highest BCUT2D eigenvalue weighted by molar-refractivity contribution is 5.77. The molecule has 0 N–H and O–H groups in total. The number of rotatable bonds is 4. The molecule has 1 aromatic rings. The van der Waals surface area contributed by atoms with Crippen molar-refractivity contribution in [3.63, 3.8) is 0 Å². The van der Waals surface area contributed by atoms with Gasteiger partial charge in [-0.2, -0.15) is 0 Å². The van der Waals surface area contributed by atoms with Crippen molar-refractivity contribution in [3.05, 3.63) is 29.8 Å². The van der Waals surface area contributed by atoms with E-state index >= 15 is 0 Å². The lowest BCUT2D eigenvalue weighted by Gasteiger charge is -2.41. The van der Waals surface area contributed by atoms with E-state index in [1.165, 1.54) is 5.56 Å². The Bertz CT molecular complexity index is 558. The molecule has 5 heteroatoms. The second kappa shape index (κ2) is 7.53. The zero-order valence-electron chi connectivity index (χ0n) is 14.9. The summed E-state index contributed by atoms with van der Waals surface area (Å²) >= 11 is 0. The van der Waals surface area contributed by atoms with Gasteiger partial charge < -0.3 is 14.4 Å². The molecular formula is C19H28N2O3. The van der Waals surface area contributed by atoms with Crippen LogP contribution in [0.25, 0.3) is 0 Å². The van der Waals surface area contributed by atoms with Crippen LogP contribution in [-0.2, 0) is 16.1 Å². The molecule has 2 atom stereocenters. The predicted octanol–water partition coefficient (Wildman–Crippen LogP) is 2.15. The van der Waals surface area contributed by atoms with E-state index in [1.54, 1.807) is 0 Å². The molecule has 1 aromatic carbocycles. The van der Waals surface area contributed by atoms with Gasteiger partial charge in [-0.05, 0) is 44.5 Å². The van der Waals surface area contributed by atoms with Crippen molar-refractivity contribution in [1.29, 1.82) is 0 Å². The minimum Gasteiger partial charge on any atom is -0.491 e. The number of carbonyl (C=O) groups excluding carboxylic acids is 1. The maximum absolute atomic E-state index is 12.0. The van der Waals surface area contributed by atoms with Crippen LogP contribution in [0.2, 0.25) is 0 Å². The highest BCUT2D eigenvalue weighted by atomic mass is 16.5. The fourth-order valence-electron chi connectivity index (χ4n) is 3.61. The number of carbonyl (C=O) groups is 1. The molecule has 0 radical (unpaired) electrons. The first-order valence-electron chi connectivity index (χ1n) is 8.84. The second-order valence-corrected chi connectivity index (χ2v) is 7.18. The fourth-order valence-corrected chi connectivity index (χ4v) is 3.61. The summed E-state index contributed by atoms with van der Waals surface area (Å²) in [5.74, 6) is 1.47. The zero-order valence-corrected chi connectivity index (χ0v) is 14.9. The van der Waals surface area contributed by atoms with Gasteiger partial charge in [-0.3, -0.25) is 9.69 Å². The number of ether oxygens (including phenoxy) is 2. The molecule has 2 heterocycles. The molecule has 3 rings (SSSR count). The van der Waals surface area contributed by atoms with Gasteiger partial charge in [0.2, 0.25) is 5.91 Å². The molecule has 24 heavy (non-hydrogen) atoms. The van der Waals surface area contributed by atoms with Gasteiger partial charge in [0, 0.05) is 32.1 Å². The van der Waals surface area contributed by atoms with E-state index in [1.807, 2.05) is 37.9 Å². The lowest BCUT2D eigenvalue weighted by atomic mass is 9.91. The number of amides is 1. The molecular weight excluding hydrogens is 304 g/mol. The average Bonchev–Trinajstić information content (AvgIpc) is 2.69. The summed E-state index contributed by atoms with van der Waals surface area (Å²) in [5.41, 5.74) is 1.28. The first-order valence-corrected chi connectivity index (χ1v) is 8.84. The van der Waals surface area contributed by atoms with Gasteiger partial charge in [0.15, 0.2) is 0 Å². The molecule has 0 unspecified atom stereocenters. The molecule has 1 amide bonds. The Balaban J connectivity index is 1.61. The van der Waals surface area contributed by atoms with Crippen molar-refractivity contribution in [3.8, 4) is 5.75 Å². The number of piperidine rings is 1. The molecule has 132 valence electrons. The maximum Gasteiger partial charge on any atom is 0.248 e. The van der Waals surface area contributed by atoms with E-state index in [4.69, 9.17) is 9.47 Å². The summed E-state index contributed by atoms with van der Waals surface area (Å²) < 4.78 is 11.2. The van der Waals surface area contributed by atoms with Crippen LogP contribution < -0.4 is 4.74 Å². The average molecular weight is 332 g/mol. The smallest absolute Gasteiger partial charge is 0.248 e. The Morgan fingerprint density at radius 1 is 1.29 bits per heavy atom. The molecule has 2 fully saturated rings. The van der Waals surface area contributed by atoms with Crippen LogP contribution >= 0.6 is 0 Å². The van der Waals surface area contributed by atoms with E-state index in [9.17, 15) is 4.79 Å². The van der Waals surface area contributed by atoms with E-state index in [0.29, 0.717) is 12.5 Å². The Morgan fingerprint density at radius 2 is 2.04 bits per heavy atom. The lowest BCUT2D eigenvalue weighted by Crippen LogP contribution is -2.52. The molecule has 2 aliphatic rings. The maximum atomic E-state index is 12.0. The number of benzene rings is 1. The Hall–Kier alpha value is -1.59. The van der Waals surface area contributed by atoms with Crippen molar-refractivity contribution >= 4 is 5.91 Å². The summed E-state index contributed by atoms with van der Waals surface area (Å²) in [6.07, 6.45) is 1.28. The quantitative estimate of drug-likeness (QED) is 0.847. The van der Waals surface area contributed by atoms with E-state index in [0.717, 1.165) is 31.8 Å². The van der Waals surface area contributed by atoms with Crippen molar-refractivity contribution in [2.45, 2.75) is 39.0 Å². The predicted molar refractivity (Wildman–Crippen MR) is 93.0 cm³/mol. The van der Waals surface area contributed by atoms with Crippen LogP contribution in [-0.4, -0.2) is 61.2 Å². The van der Waals surface area contributed by atoms with Crippen molar-refractivity contribution in [2.24, 2.45) is 5.92 Å². The summed E-state index contributed by atoms with van der Waals surface area (Å²) in [5, 5.41) is 0. The molecule has 0 aliphatic carbocycles.